The van der Waals surface area contributed by atoms with E-state index in [1.165, 1.54) is 0 Å². The third-order valence-electron chi connectivity index (χ3n) is 3.76. The second-order valence-corrected chi connectivity index (χ2v) is 5.58. The van der Waals surface area contributed by atoms with Gasteiger partial charge in [0.2, 0.25) is 0 Å². The molecule has 4 amide bonds. The molecule has 0 spiro atoms. The smallest absolute Gasteiger partial charge is 0.321 e. The lowest BCUT2D eigenvalue weighted by Gasteiger charge is -2.19. The van der Waals surface area contributed by atoms with Crippen LogP contribution in [0.1, 0.15) is 5.56 Å². The Morgan fingerprint density at radius 3 is 2.96 bits per heavy atom. The Kier molecular flexibility index (Phi) is 4.60. The van der Waals surface area contributed by atoms with Gasteiger partial charge in [0.15, 0.2) is 0 Å². The molecule has 124 valence electrons. The van der Waals surface area contributed by atoms with Gasteiger partial charge in [-0.1, -0.05) is 12.1 Å². The first-order valence-electron chi connectivity index (χ1n) is 7.70. The van der Waals surface area contributed by atoms with Crippen LogP contribution in [0.2, 0.25) is 0 Å². The van der Waals surface area contributed by atoms with Gasteiger partial charge in [-0.25, -0.2) is 9.59 Å². The third-order valence-corrected chi connectivity index (χ3v) is 3.76. The van der Waals surface area contributed by atoms with E-state index in [1.54, 1.807) is 41.4 Å². The zero-order chi connectivity index (χ0) is 16.9. The Morgan fingerprint density at radius 2 is 2.25 bits per heavy atom. The summed E-state index contributed by atoms with van der Waals surface area (Å²) in [4.78, 5) is 31.3. The Hall–Kier alpha value is -3.09. The van der Waals surface area contributed by atoms with E-state index >= 15 is 0 Å². The zero-order valence-electron chi connectivity index (χ0n) is 13.4. The maximum absolute atomic E-state index is 12.3. The lowest BCUT2D eigenvalue weighted by molar-refractivity contribution is 0.220. The molecule has 1 aromatic carbocycles. The molecule has 3 rings (SSSR count). The number of nitrogens with zero attached hydrogens (tertiary/aromatic N) is 3. The number of carbonyl (C=O) groups excluding carboxylic acids is 2. The minimum Gasteiger partial charge on any atom is -0.336 e. The van der Waals surface area contributed by atoms with Crippen LogP contribution in [0, 0.1) is 0 Å². The van der Waals surface area contributed by atoms with Gasteiger partial charge in [0.05, 0.1) is 0 Å². The molecule has 2 heterocycles. The highest BCUT2D eigenvalue weighted by molar-refractivity contribution is 5.95. The first-order valence-corrected chi connectivity index (χ1v) is 7.70. The van der Waals surface area contributed by atoms with Crippen molar-refractivity contribution in [3.05, 3.63) is 54.4 Å². The predicted octanol–water partition coefficient (Wildman–Crippen LogP) is 2.28. The molecule has 0 bridgehead atoms. The van der Waals surface area contributed by atoms with Crippen LogP contribution >= 0.6 is 0 Å². The van der Waals surface area contributed by atoms with E-state index in [0.29, 0.717) is 25.3 Å². The molecule has 7 nitrogen and oxygen atoms in total. The van der Waals surface area contributed by atoms with Crippen molar-refractivity contribution in [2.75, 3.05) is 30.4 Å². The molecule has 1 aliphatic heterocycles. The Labute approximate surface area is 140 Å². The molecule has 0 unspecified atom stereocenters. The van der Waals surface area contributed by atoms with E-state index in [1.807, 2.05) is 24.3 Å². The highest BCUT2D eigenvalue weighted by Crippen LogP contribution is 2.21. The molecular formula is C17H19N5O2. The zero-order valence-corrected chi connectivity index (χ0v) is 13.4. The third kappa shape index (κ3) is 3.62. The molecule has 0 aliphatic carbocycles. The fourth-order valence-corrected chi connectivity index (χ4v) is 2.53. The van der Waals surface area contributed by atoms with Gasteiger partial charge < -0.3 is 15.5 Å². The minimum absolute atomic E-state index is 0.118. The molecule has 0 saturated carbocycles. The summed E-state index contributed by atoms with van der Waals surface area (Å²) < 4.78 is 0. The summed E-state index contributed by atoms with van der Waals surface area (Å²) in [5.41, 5.74) is 2.37. The standard InChI is InChI=1S/C17H19N5O2/c1-21(12-13-4-3-7-18-11-13)17(24)20-14-5-2-6-15(10-14)22-9-8-19-16(22)23/h2-7,10-11H,8-9,12H2,1H3,(H,19,23)(H,20,24). The first kappa shape index (κ1) is 15.8. The van der Waals surface area contributed by atoms with Crippen molar-refractivity contribution in [2.24, 2.45) is 0 Å². The largest absolute Gasteiger partial charge is 0.336 e. The summed E-state index contributed by atoms with van der Waals surface area (Å²) in [7, 11) is 1.72. The van der Waals surface area contributed by atoms with Crippen molar-refractivity contribution in [1.29, 1.82) is 0 Å². The molecule has 2 N–H and O–H groups in total. The van der Waals surface area contributed by atoms with Gasteiger partial charge in [-0.2, -0.15) is 0 Å². The number of anilines is 2. The van der Waals surface area contributed by atoms with Crippen molar-refractivity contribution in [2.45, 2.75) is 6.54 Å². The average molecular weight is 325 g/mol. The Bertz CT molecular complexity index is 735. The van der Waals surface area contributed by atoms with Gasteiger partial charge in [0.1, 0.15) is 0 Å². The number of pyridine rings is 1. The van der Waals surface area contributed by atoms with Crippen molar-refractivity contribution in [3.63, 3.8) is 0 Å². The fourth-order valence-electron chi connectivity index (χ4n) is 2.53. The fraction of sp³-hybridized carbons (Fsp3) is 0.235. The van der Waals surface area contributed by atoms with Gasteiger partial charge in [-0.3, -0.25) is 9.88 Å². The van der Waals surface area contributed by atoms with Crippen molar-refractivity contribution < 1.29 is 9.59 Å². The Balaban J connectivity index is 1.65. The number of amides is 4. The highest BCUT2D eigenvalue weighted by atomic mass is 16.2. The second-order valence-electron chi connectivity index (χ2n) is 5.58. The van der Waals surface area contributed by atoms with Crippen molar-refractivity contribution >= 4 is 23.4 Å². The van der Waals surface area contributed by atoms with E-state index in [4.69, 9.17) is 0 Å². The van der Waals surface area contributed by atoms with Crippen LogP contribution in [-0.4, -0.2) is 42.1 Å². The van der Waals surface area contributed by atoms with Gasteiger partial charge in [0.25, 0.3) is 0 Å². The average Bonchev–Trinajstić information content (AvgIpc) is 3.02. The number of aromatic nitrogens is 1. The topological polar surface area (TPSA) is 77.6 Å². The molecule has 1 aliphatic rings. The number of rotatable bonds is 4. The number of benzene rings is 1. The summed E-state index contributed by atoms with van der Waals surface area (Å²) in [5.74, 6) is 0. The number of hydrogen-bond donors (Lipinski definition) is 2. The van der Waals surface area contributed by atoms with E-state index in [2.05, 4.69) is 15.6 Å². The van der Waals surface area contributed by atoms with Crippen LogP contribution in [0.3, 0.4) is 0 Å². The number of carbonyl (C=O) groups is 2. The molecule has 1 aromatic heterocycles. The van der Waals surface area contributed by atoms with Gasteiger partial charge in [-0.15, -0.1) is 0 Å². The summed E-state index contributed by atoms with van der Waals surface area (Å²) in [6.45, 7) is 1.72. The maximum atomic E-state index is 12.3. The molecule has 1 saturated heterocycles. The van der Waals surface area contributed by atoms with Gasteiger partial charge in [-0.05, 0) is 29.8 Å². The first-order chi connectivity index (χ1) is 11.6. The van der Waals surface area contributed by atoms with Gasteiger partial charge in [0, 0.05) is 50.5 Å². The molecular weight excluding hydrogens is 306 g/mol. The van der Waals surface area contributed by atoms with Crippen LogP contribution in [-0.2, 0) is 6.54 Å². The van der Waals surface area contributed by atoms with Crippen LogP contribution in [0.15, 0.2) is 48.8 Å². The molecule has 0 atom stereocenters. The van der Waals surface area contributed by atoms with Crippen LogP contribution in [0.25, 0.3) is 0 Å². The van der Waals surface area contributed by atoms with Gasteiger partial charge >= 0.3 is 12.1 Å². The van der Waals surface area contributed by atoms with Crippen molar-refractivity contribution in [1.82, 2.24) is 15.2 Å². The summed E-state index contributed by atoms with van der Waals surface area (Å²) >= 11 is 0. The second kappa shape index (κ2) is 6.99. The normalized spacial score (nSPS) is 13.5. The predicted molar refractivity (Wildman–Crippen MR) is 91.9 cm³/mol. The summed E-state index contributed by atoms with van der Waals surface area (Å²) in [6, 6.07) is 10.7. The lowest BCUT2D eigenvalue weighted by atomic mass is 10.2. The SMILES string of the molecule is CN(Cc1cccnc1)C(=O)Nc1cccc(N2CCNC2=O)c1. The minimum atomic E-state index is -0.220. The molecule has 2 aromatic rings. The monoisotopic (exact) mass is 325 g/mol. The summed E-state index contributed by atoms with van der Waals surface area (Å²) in [5, 5.41) is 5.61. The van der Waals surface area contributed by atoms with E-state index in [-0.39, 0.29) is 12.1 Å². The lowest BCUT2D eigenvalue weighted by Crippen LogP contribution is -2.31. The van der Waals surface area contributed by atoms with E-state index in [0.717, 1.165) is 11.3 Å². The number of urea groups is 2. The van der Waals surface area contributed by atoms with E-state index < -0.39 is 0 Å². The maximum Gasteiger partial charge on any atom is 0.321 e. The number of hydrogen-bond acceptors (Lipinski definition) is 3. The molecule has 1 fully saturated rings. The molecule has 24 heavy (non-hydrogen) atoms. The van der Waals surface area contributed by atoms with Crippen LogP contribution in [0.5, 0.6) is 0 Å². The molecule has 0 radical (unpaired) electrons. The molecule has 7 heteroatoms. The summed E-state index contributed by atoms with van der Waals surface area (Å²) in [6.07, 6.45) is 3.43. The Morgan fingerprint density at radius 1 is 1.38 bits per heavy atom. The van der Waals surface area contributed by atoms with E-state index in [9.17, 15) is 9.59 Å². The highest BCUT2D eigenvalue weighted by Gasteiger charge is 2.21. The quantitative estimate of drug-likeness (QED) is 0.905. The van der Waals surface area contributed by atoms with Crippen molar-refractivity contribution in [3.8, 4) is 0 Å². The van der Waals surface area contributed by atoms with Crippen LogP contribution in [0.4, 0.5) is 21.0 Å². The number of nitrogens with one attached hydrogen (secondary N) is 2. The van der Waals surface area contributed by atoms with Crippen LogP contribution < -0.4 is 15.5 Å².